The van der Waals surface area contributed by atoms with Crippen LogP contribution in [0, 0.1) is 5.92 Å². The SMILES string of the molecule is CC(C)N1CCN(C[C@H]2CCOC2)CC1. The van der Waals surface area contributed by atoms with Gasteiger partial charge in [0.1, 0.15) is 0 Å². The van der Waals surface area contributed by atoms with Gasteiger partial charge in [-0.3, -0.25) is 4.90 Å². The number of piperazine rings is 1. The Morgan fingerprint density at radius 3 is 2.47 bits per heavy atom. The van der Waals surface area contributed by atoms with Gasteiger partial charge >= 0.3 is 0 Å². The molecule has 2 fully saturated rings. The molecule has 2 aliphatic rings. The van der Waals surface area contributed by atoms with Gasteiger partial charge in [-0.15, -0.1) is 0 Å². The molecule has 0 spiro atoms. The lowest BCUT2D eigenvalue weighted by Gasteiger charge is -2.37. The molecule has 2 saturated heterocycles. The summed E-state index contributed by atoms with van der Waals surface area (Å²) in [5.74, 6) is 0.801. The number of ether oxygens (including phenoxy) is 1. The molecule has 0 bridgehead atoms. The lowest BCUT2D eigenvalue weighted by molar-refractivity contribution is 0.0927. The molecule has 0 saturated carbocycles. The Hall–Kier alpha value is -0.120. The summed E-state index contributed by atoms with van der Waals surface area (Å²) >= 11 is 0. The van der Waals surface area contributed by atoms with Gasteiger partial charge in [0.15, 0.2) is 0 Å². The third-order valence-electron chi connectivity index (χ3n) is 3.68. The zero-order valence-corrected chi connectivity index (χ0v) is 10.1. The first-order valence-electron chi connectivity index (χ1n) is 6.30. The molecule has 3 heteroatoms. The van der Waals surface area contributed by atoms with Crippen LogP contribution in [0.4, 0.5) is 0 Å². The normalized spacial score (nSPS) is 30.2. The van der Waals surface area contributed by atoms with Crippen molar-refractivity contribution in [1.82, 2.24) is 9.80 Å². The predicted molar refractivity (Wildman–Crippen MR) is 62.1 cm³/mol. The molecule has 0 unspecified atom stereocenters. The molecule has 0 aliphatic carbocycles. The van der Waals surface area contributed by atoms with E-state index >= 15 is 0 Å². The topological polar surface area (TPSA) is 15.7 Å². The summed E-state index contributed by atoms with van der Waals surface area (Å²) in [5, 5.41) is 0. The molecule has 88 valence electrons. The fraction of sp³-hybridized carbons (Fsp3) is 1.00. The van der Waals surface area contributed by atoms with Gasteiger partial charge < -0.3 is 9.64 Å². The van der Waals surface area contributed by atoms with Crippen molar-refractivity contribution < 1.29 is 4.74 Å². The minimum atomic E-state index is 0.710. The largest absolute Gasteiger partial charge is 0.381 e. The van der Waals surface area contributed by atoms with E-state index in [2.05, 4.69) is 23.6 Å². The van der Waals surface area contributed by atoms with Crippen molar-refractivity contribution in [2.75, 3.05) is 45.9 Å². The van der Waals surface area contributed by atoms with Crippen molar-refractivity contribution in [3.05, 3.63) is 0 Å². The molecule has 2 aliphatic heterocycles. The summed E-state index contributed by atoms with van der Waals surface area (Å²) in [6.45, 7) is 12.8. The van der Waals surface area contributed by atoms with Crippen molar-refractivity contribution in [2.45, 2.75) is 26.3 Å². The maximum absolute atomic E-state index is 5.42. The van der Waals surface area contributed by atoms with Crippen LogP contribution >= 0.6 is 0 Å². The van der Waals surface area contributed by atoms with E-state index < -0.39 is 0 Å². The number of hydrogen-bond acceptors (Lipinski definition) is 3. The number of nitrogens with zero attached hydrogens (tertiary/aromatic N) is 2. The summed E-state index contributed by atoms with van der Waals surface area (Å²) in [4.78, 5) is 5.18. The Labute approximate surface area is 93.4 Å². The molecule has 0 amide bonds. The first kappa shape index (κ1) is 11.4. The summed E-state index contributed by atoms with van der Waals surface area (Å²) < 4.78 is 5.42. The Kier molecular flexibility index (Phi) is 4.00. The molecule has 0 aromatic rings. The molecule has 0 aromatic carbocycles. The van der Waals surface area contributed by atoms with Gasteiger partial charge in [0.05, 0.1) is 6.61 Å². The third kappa shape index (κ3) is 3.16. The van der Waals surface area contributed by atoms with Crippen molar-refractivity contribution in [1.29, 1.82) is 0 Å². The van der Waals surface area contributed by atoms with Gasteiger partial charge in [-0.05, 0) is 26.2 Å². The van der Waals surface area contributed by atoms with E-state index in [1.807, 2.05) is 0 Å². The van der Waals surface area contributed by atoms with E-state index in [-0.39, 0.29) is 0 Å². The van der Waals surface area contributed by atoms with E-state index in [1.165, 1.54) is 39.1 Å². The molecule has 3 nitrogen and oxygen atoms in total. The van der Waals surface area contributed by atoms with Crippen LogP contribution in [-0.4, -0.2) is 61.8 Å². The second-order valence-electron chi connectivity index (χ2n) is 5.16. The molecule has 2 rings (SSSR count). The second-order valence-corrected chi connectivity index (χ2v) is 5.16. The molecular formula is C12H24N2O. The number of hydrogen-bond donors (Lipinski definition) is 0. The smallest absolute Gasteiger partial charge is 0.0507 e. The Balaban J connectivity index is 1.68. The maximum Gasteiger partial charge on any atom is 0.0507 e. The zero-order chi connectivity index (χ0) is 10.7. The van der Waals surface area contributed by atoms with Gasteiger partial charge in [0.2, 0.25) is 0 Å². The van der Waals surface area contributed by atoms with Crippen LogP contribution in [0.1, 0.15) is 20.3 Å². The van der Waals surface area contributed by atoms with Crippen LogP contribution in [-0.2, 0) is 4.74 Å². The highest BCUT2D eigenvalue weighted by Crippen LogP contribution is 2.15. The van der Waals surface area contributed by atoms with Crippen LogP contribution in [0.3, 0.4) is 0 Å². The van der Waals surface area contributed by atoms with E-state index in [9.17, 15) is 0 Å². The van der Waals surface area contributed by atoms with Gasteiger partial charge in [0, 0.05) is 45.4 Å². The molecule has 0 N–H and O–H groups in total. The Morgan fingerprint density at radius 2 is 1.93 bits per heavy atom. The highest BCUT2D eigenvalue weighted by atomic mass is 16.5. The summed E-state index contributed by atoms with van der Waals surface area (Å²) in [6, 6.07) is 0.710. The number of rotatable bonds is 3. The molecule has 1 atom stereocenters. The van der Waals surface area contributed by atoms with Crippen LogP contribution in [0.15, 0.2) is 0 Å². The van der Waals surface area contributed by atoms with Crippen LogP contribution < -0.4 is 0 Å². The van der Waals surface area contributed by atoms with Crippen LogP contribution in [0.5, 0.6) is 0 Å². The Bertz CT molecular complexity index is 182. The fourth-order valence-corrected chi connectivity index (χ4v) is 2.55. The van der Waals surface area contributed by atoms with Crippen molar-refractivity contribution in [3.63, 3.8) is 0 Å². The van der Waals surface area contributed by atoms with Crippen molar-refractivity contribution >= 4 is 0 Å². The highest BCUT2D eigenvalue weighted by molar-refractivity contribution is 4.77. The maximum atomic E-state index is 5.42. The first-order valence-corrected chi connectivity index (χ1v) is 6.30. The molecule has 0 aromatic heterocycles. The monoisotopic (exact) mass is 212 g/mol. The van der Waals surface area contributed by atoms with Crippen molar-refractivity contribution in [2.24, 2.45) is 5.92 Å². The van der Waals surface area contributed by atoms with Crippen LogP contribution in [0.2, 0.25) is 0 Å². The highest BCUT2D eigenvalue weighted by Gasteiger charge is 2.23. The van der Waals surface area contributed by atoms with E-state index in [4.69, 9.17) is 4.74 Å². The molecular weight excluding hydrogens is 188 g/mol. The zero-order valence-electron chi connectivity index (χ0n) is 10.1. The van der Waals surface area contributed by atoms with E-state index in [1.54, 1.807) is 0 Å². The molecule has 2 heterocycles. The van der Waals surface area contributed by atoms with Gasteiger partial charge in [0.25, 0.3) is 0 Å². The minimum Gasteiger partial charge on any atom is -0.381 e. The average molecular weight is 212 g/mol. The van der Waals surface area contributed by atoms with Gasteiger partial charge in [-0.25, -0.2) is 0 Å². The Morgan fingerprint density at radius 1 is 1.20 bits per heavy atom. The van der Waals surface area contributed by atoms with Crippen molar-refractivity contribution in [3.8, 4) is 0 Å². The van der Waals surface area contributed by atoms with Crippen LogP contribution in [0.25, 0.3) is 0 Å². The first-order chi connectivity index (χ1) is 7.25. The van der Waals surface area contributed by atoms with Gasteiger partial charge in [-0.1, -0.05) is 0 Å². The summed E-state index contributed by atoms with van der Waals surface area (Å²) in [7, 11) is 0. The van der Waals surface area contributed by atoms with E-state index in [0.717, 1.165) is 19.1 Å². The quantitative estimate of drug-likeness (QED) is 0.695. The summed E-state index contributed by atoms with van der Waals surface area (Å²) in [5.41, 5.74) is 0. The third-order valence-corrected chi connectivity index (χ3v) is 3.68. The predicted octanol–water partition coefficient (Wildman–Crippen LogP) is 1.05. The molecule has 0 radical (unpaired) electrons. The lowest BCUT2D eigenvalue weighted by atomic mass is 10.1. The summed E-state index contributed by atoms with van der Waals surface area (Å²) in [6.07, 6.45) is 1.27. The lowest BCUT2D eigenvalue weighted by Crippen LogP contribution is -2.49. The second kappa shape index (κ2) is 5.28. The van der Waals surface area contributed by atoms with E-state index in [0.29, 0.717) is 6.04 Å². The van der Waals surface area contributed by atoms with Gasteiger partial charge in [-0.2, -0.15) is 0 Å². The molecule has 15 heavy (non-hydrogen) atoms. The minimum absolute atomic E-state index is 0.710. The fourth-order valence-electron chi connectivity index (χ4n) is 2.55. The standard InChI is InChI=1S/C12H24N2O/c1-11(2)14-6-4-13(5-7-14)9-12-3-8-15-10-12/h11-12H,3-10H2,1-2H3/t12-/m1/s1. The average Bonchev–Trinajstić information content (AvgIpc) is 2.71.